The van der Waals surface area contributed by atoms with E-state index in [0.29, 0.717) is 12.8 Å². The summed E-state index contributed by atoms with van der Waals surface area (Å²) in [7, 11) is 2.70. The number of allylic oxidation sites excluding steroid dienone is 2. The maximum absolute atomic E-state index is 12.7. The number of rotatable bonds is 12. The number of hydrogen-bond acceptors (Lipinski definition) is 4. The summed E-state index contributed by atoms with van der Waals surface area (Å²) in [5.41, 5.74) is 0.902. The molecule has 1 aliphatic rings. The van der Waals surface area contributed by atoms with Crippen LogP contribution in [0.2, 0.25) is 13.3 Å². The van der Waals surface area contributed by atoms with Gasteiger partial charge in [0.1, 0.15) is 0 Å². The van der Waals surface area contributed by atoms with Crippen LogP contribution in [0.25, 0.3) is 0 Å². The number of methoxy groups -OCH3 is 2. The van der Waals surface area contributed by atoms with Crippen molar-refractivity contribution < 1.29 is 19.1 Å². The molecule has 0 radical (unpaired) electrons. The first-order valence-electron chi connectivity index (χ1n) is 11.4. The molecule has 1 aliphatic carbocycles. The Labute approximate surface area is 182 Å². The Balaban J connectivity index is 3.37. The van der Waals surface area contributed by atoms with Crippen LogP contribution in [0.4, 0.5) is 0 Å². The average molecular weight is 513 g/mol. The quantitative estimate of drug-likeness (QED) is 0.132. The molecule has 166 valence electrons. The molecule has 5 heteroatoms. The van der Waals surface area contributed by atoms with Gasteiger partial charge in [0.15, 0.2) is 0 Å². The van der Waals surface area contributed by atoms with Crippen LogP contribution in [0.3, 0.4) is 0 Å². The fourth-order valence-electron chi connectivity index (χ4n) is 4.80. The van der Waals surface area contributed by atoms with Crippen molar-refractivity contribution in [2.75, 3.05) is 14.2 Å². The Hall–Kier alpha value is -0.781. The summed E-state index contributed by atoms with van der Waals surface area (Å²) in [6.07, 6.45) is 9.08. The maximum atomic E-state index is 12.7. The summed E-state index contributed by atoms with van der Waals surface area (Å²) in [6.45, 7) is 11.0. The van der Waals surface area contributed by atoms with E-state index < -0.39 is 35.7 Å². The zero-order chi connectivity index (χ0) is 21.9. The molecule has 0 saturated heterocycles. The van der Waals surface area contributed by atoms with Crippen LogP contribution < -0.4 is 0 Å². The van der Waals surface area contributed by atoms with Crippen LogP contribution in [0.1, 0.15) is 78.6 Å². The second-order valence-electron chi connectivity index (χ2n) is 8.82. The standard InChI is InChI=1S/C12H15O4.3C4H9.Sn/c1-8-5-9(2)7-12(6-8,10(13)15-3)11(14)16-4;3*1-3-4-2;/h1H,2,5-7H2,3-4H3;3*1,3-4H2,2H3;. The molecule has 0 aromatic rings. The molecule has 0 atom stereocenters. The van der Waals surface area contributed by atoms with Crippen molar-refractivity contribution in [1.29, 1.82) is 0 Å². The second-order valence-corrected chi connectivity index (χ2v) is 21.7. The van der Waals surface area contributed by atoms with E-state index in [0.717, 1.165) is 12.0 Å². The number of unbranched alkanes of at least 4 members (excludes halogenated alkanes) is 3. The molecule has 0 aliphatic heterocycles. The van der Waals surface area contributed by atoms with Crippen molar-refractivity contribution in [3.63, 3.8) is 0 Å². The van der Waals surface area contributed by atoms with E-state index in [1.54, 1.807) is 0 Å². The van der Waals surface area contributed by atoms with Gasteiger partial charge in [0, 0.05) is 0 Å². The fraction of sp³-hybridized carbons (Fsp3) is 0.750. The molecular weight excluding hydrogens is 471 g/mol. The molecule has 0 heterocycles. The molecule has 0 spiro atoms. The molecule has 29 heavy (non-hydrogen) atoms. The molecule has 1 fully saturated rings. The van der Waals surface area contributed by atoms with Crippen LogP contribution in [-0.2, 0) is 19.1 Å². The van der Waals surface area contributed by atoms with Crippen molar-refractivity contribution in [2.45, 2.75) is 91.9 Å². The van der Waals surface area contributed by atoms with E-state index in [1.807, 2.05) is 0 Å². The van der Waals surface area contributed by atoms with E-state index >= 15 is 0 Å². The van der Waals surface area contributed by atoms with Gasteiger partial charge in [0.25, 0.3) is 0 Å². The van der Waals surface area contributed by atoms with Gasteiger partial charge in [-0.3, -0.25) is 0 Å². The number of ether oxygens (including phenoxy) is 2. The van der Waals surface area contributed by atoms with Gasteiger partial charge in [-0.05, 0) is 0 Å². The molecule has 0 bridgehead atoms. The van der Waals surface area contributed by atoms with E-state index in [9.17, 15) is 9.59 Å². The molecule has 4 nitrogen and oxygen atoms in total. The molecule has 0 unspecified atom stereocenters. The predicted molar refractivity (Wildman–Crippen MR) is 122 cm³/mol. The zero-order valence-electron chi connectivity index (χ0n) is 19.4. The molecule has 1 saturated carbocycles. The van der Waals surface area contributed by atoms with Crippen LogP contribution in [0.5, 0.6) is 0 Å². The van der Waals surface area contributed by atoms with E-state index in [1.165, 1.54) is 71.6 Å². The Morgan fingerprint density at radius 1 is 0.931 bits per heavy atom. The van der Waals surface area contributed by atoms with Crippen molar-refractivity contribution in [1.82, 2.24) is 0 Å². The number of esters is 2. The first-order chi connectivity index (χ1) is 13.8. The van der Waals surface area contributed by atoms with Gasteiger partial charge in [-0.25, -0.2) is 0 Å². The van der Waals surface area contributed by atoms with Crippen LogP contribution in [0, 0.1) is 5.41 Å². The summed E-state index contributed by atoms with van der Waals surface area (Å²) in [6, 6.07) is 0. The van der Waals surface area contributed by atoms with Crippen LogP contribution in [-0.4, -0.2) is 44.5 Å². The third kappa shape index (κ3) is 7.15. The topological polar surface area (TPSA) is 52.6 Å². The van der Waals surface area contributed by atoms with Crippen LogP contribution >= 0.6 is 0 Å². The van der Waals surface area contributed by atoms with Gasteiger partial charge in [-0.1, -0.05) is 0 Å². The van der Waals surface area contributed by atoms with Crippen LogP contribution in [0.15, 0.2) is 21.8 Å². The average Bonchev–Trinajstić information content (AvgIpc) is 2.72. The minimum absolute atomic E-state index is 0.324. The molecule has 0 N–H and O–H groups in total. The summed E-state index contributed by atoms with van der Waals surface area (Å²) >= 11 is -2.54. The predicted octanol–water partition coefficient (Wildman–Crippen LogP) is 6.37. The molecular formula is C24H42O4Sn. The normalized spacial score (nSPS) is 18.0. The SMILES string of the molecule is C=C1C/C(=[CH]/[Sn]([CH2]CCC)([CH2]CCC)[CH2]CCC)CC(C(=O)OC)(C(=O)OC)C1. The number of carbonyl (C=O) groups is 2. The van der Waals surface area contributed by atoms with Crippen molar-refractivity contribution in [3.8, 4) is 0 Å². The van der Waals surface area contributed by atoms with E-state index in [-0.39, 0.29) is 0 Å². The Morgan fingerprint density at radius 2 is 1.38 bits per heavy atom. The van der Waals surface area contributed by atoms with Gasteiger partial charge in [0.05, 0.1) is 0 Å². The van der Waals surface area contributed by atoms with Gasteiger partial charge < -0.3 is 0 Å². The summed E-state index contributed by atoms with van der Waals surface area (Å²) < 4.78 is 16.8. The zero-order valence-corrected chi connectivity index (χ0v) is 22.3. The number of carbonyl (C=O) groups excluding carboxylic acids is 2. The van der Waals surface area contributed by atoms with Gasteiger partial charge in [-0.15, -0.1) is 0 Å². The Kier molecular flexibility index (Phi) is 11.6. The monoisotopic (exact) mass is 514 g/mol. The molecule has 1 rings (SSSR count). The number of hydrogen-bond donors (Lipinski definition) is 0. The third-order valence-electron chi connectivity index (χ3n) is 6.30. The Morgan fingerprint density at radius 3 is 1.76 bits per heavy atom. The van der Waals surface area contributed by atoms with Gasteiger partial charge in [-0.2, -0.15) is 0 Å². The van der Waals surface area contributed by atoms with Crippen molar-refractivity contribution in [2.24, 2.45) is 5.41 Å². The summed E-state index contributed by atoms with van der Waals surface area (Å²) in [5, 5.41) is 0. The van der Waals surface area contributed by atoms with Crippen molar-refractivity contribution in [3.05, 3.63) is 21.8 Å². The Bertz CT molecular complexity index is 556. The first-order valence-corrected chi connectivity index (χ1v) is 19.1. The second kappa shape index (κ2) is 12.8. The van der Waals surface area contributed by atoms with Crippen molar-refractivity contribution >= 4 is 30.3 Å². The minimum atomic E-state index is -2.54. The van der Waals surface area contributed by atoms with E-state index in [4.69, 9.17) is 9.47 Å². The fourth-order valence-corrected chi connectivity index (χ4v) is 20.3. The molecule has 0 aromatic carbocycles. The molecule has 0 amide bonds. The first kappa shape index (κ1) is 26.3. The third-order valence-corrected chi connectivity index (χ3v) is 20.8. The van der Waals surface area contributed by atoms with E-state index in [2.05, 4.69) is 31.4 Å². The molecule has 0 aromatic heterocycles. The summed E-state index contributed by atoms with van der Waals surface area (Å²) in [5.74, 6) is -0.986. The van der Waals surface area contributed by atoms with Gasteiger partial charge >= 0.3 is 183 Å². The van der Waals surface area contributed by atoms with Gasteiger partial charge in [0.2, 0.25) is 0 Å². The summed E-state index contributed by atoms with van der Waals surface area (Å²) in [4.78, 5) is 25.4.